The zero-order valence-corrected chi connectivity index (χ0v) is 14.1. The number of anilines is 1. The molecule has 0 spiro atoms. The lowest BCUT2D eigenvalue weighted by Crippen LogP contribution is -2.47. The SMILES string of the molecule is CCC(C)C(N)C(=O)N(C)CC(=O)Nc1cccc(C)c1C. The van der Waals surface area contributed by atoms with Crippen molar-refractivity contribution in [3.05, 3.63) is 29.3 Å². The number of nitrogens with one attached hydrogen (secondary N) is 1. The average Bonchev–Trinajstić information content (AvgIpc) is 2.49. The second kappa shape index (κ2) is 7.94. The fourth-order valence-electron chi connectivity index (χ4n) is 2.12. The first-order valence-electron chi connectivity index (χ1n) is 7.64. The van der Waals surface area contributed by atoms with Gasteiger partial charge in [0.2, 0.25) is 11.8 Å². The Bertz CT molecular complexity index is 543. The standard InChI is InChI=1S/C17H27N3O2/c1-6-11(2)16(18)17(22)20(5)10-15(21)19-14-9-7-8-12(3)13(14)4/h7-9,11,16H,6,10,18H2,1-5H3,(H,19,21). The van der Waals surface area contributed by atoms with E-state index in [9.17, 15) is 9.59 Å². The maximum absolute atomic E-state index is 12.2. The van der Waals surface area contributed by atoms with Gasteiger partial charge in [0.05, 0.1) is 12.6 Å². The predicted molar refractivity (Wildman–Crippen MR) is 89.6 cm³/mol. The first-order valence-corrected chi connectivity index (χ1v) is 7.64. The lowest BCUT2D eigenvalue weighted by Gasteiger charge is -2.24. The highest BCUT2D eigenvalue weighted by atomic mass is 16.2. The largest absolute Gasteiger partial charge is 0.335 e. The van der Waals surface area contributed by atoms with Gasteiger partial charge in [-0.15, -0.1) is 0 Å². The van der Waals surface area contributed by atoms with Gasteiger partial charge in [-0.1, -0.05) is 32.4 Å². The van der Waals surface area contributed by atoms with Crippen molar-refractivity contribution in [1.82, 2.24) is 4.90 Å². The minimum absolute atomic E-state index is 0.00362. The monoisotopic (exact) mass is 305 g/mol. The molecular weight excluding hydrogens is 278 g/mol. The van der Waals surface area contributed by atoms with Crippen LogP contribution in [0.5, 0.6) is 0 Å². The first-order chi connectivity index (χ1) is 10.3. The van der Waals surface area contributed by atoms with Gasteiger partial charge in [0.15, 0.2) is 0 Å². The van der Waals surface area contributed by atoms with Crippen molar-refractivity contribution >= 4 is 17.5 Å². The third kappa shape index (κ3) is 4.56. The van der Waals surface area contributed by atoms with Crippen molar-refractivity contribution in [3.63, 3.8) is 0 Å². The maximum atomic E-state index is 12.2. The van der Waals surface area contributed by atoms with E-state index in [-0.39, 0.29) is 24.3 Å². The van der Waals surface area contributed by atoms with Gasteiger partial charge in [-0.3, -0.25) is 9.59 Å². The van der Waals surface area contributed by atoms with Crippen LogP contribution < -0.4 is 11.1 Å². The lowest BCUT2D eigenvalue weighted by molar-refractivity contribution is -0.135. The minimum atomic E-state index is -0.566. The lowest BCUT2D eigenvalue weighted by atomic mass is 9.99. The molecule has 0 aliphatic heterocycles. The second-order valence-corrected chi connectivity index (χ2v) is 5.90. The van der Waals surface area contributed by atoms with Crippen molar-refractivity contribution in [2.75, 3.05) is 18.9 Å². The quantitative estimate of drug-likeness (QED) is 0.845. The molecule has 3 N–H and O–H groups in total. The molecular formula is C17H27N3O2. The third-order valence-electron chi connectivity index (χ3n) is 4.18. The topological polar surface area (TPSA) is 75.4 Å². The van der Waals surface area contributed by atoms with Crippen LogP contribution in [0.4, 0.5) is 5.69 Å². The van der Waals surface area contributed by atoms with Gasteiger partial charge < -0.3 is 16.0 Å². The molecule has 0 bridgehead atoms. The summed E-state index contributed by atoms with van der Waals surface area (Å²) in [5.74, 6) is -0.330. The zero-order valence-electron chi connectivity index (χ0n) is 14.1. The Hall–Kier alpha value is -1.88. The molecule has 1 aromatic carbocycles. The highest BCUT2D eigenvalue weighted by Crippen LogP contribution is 2.17. The highest BCUT2D eigenvalue weighted by Gasteiger charge is 2.24. The van der Waals surface area contributed by atoms with Crippen LogP contribution in [0.25, 0.3) is 0 Å². The number of benzene rings is 1. The smallest absolute Gasteiger partial charge is 0.243 e. The zero-order chi connectivity index (χ0) is 16.9. The maximum Gasteiger partial charge on any atom is 0.243 e. The minimum Gasteiger partial charge on any atom is -0.335 e. The molecule has 2 atom stereocenters. The van der Waals surface area contributed by atoms with Crippen LogP contribution >= 0.6 is 0 Å². The number of amides is 2. The van der Waals surface area contributed by atoms with Gasteiger partial charge >= 0.3 is 0 Å². The van der Waals surface area contributed by atoms with E-state index >= 15 is 0 Å². The number of rotatable bonds is 6. The summed E-state index contributed by atoms with van der Waals surface area (Å²) in [6.07, 6.45) is 0.829. The molecule has 22 heavy (non-hydrogen) atoms. The van der Waals surface area contributed by atoms with E-state index in [2.05, 4.69) is 5.32 Å². The average molecular weight is 305 g/mol. The summed E-state index contributed by atoms with van der Waals surface area (Å²) >= 11 is 0. The molecule has 5 nitrogen and oxygen atoms in total. The number of hydrogen-bond donors (Lipinski definition) is 2. The predicted octanol–water partition coefficient (Wildman–Crippen LogP) is 2.07. The van der Waals surface area contributed by atoms with E-state index in [0.29, 0.717) is 0 Å². The van der Waals surface area contributed by atoms with Gasteiger partial charge in [-0.2, -0.15) is 0 Å². The number of carbonyl (C=O) groups is 2. The highest BCUT2D eigenvalue weighted by molar-refractivity contribution is 5.95. The molecule has 1 rings (SSSR count). The number of nitrogens with two attached hydrogens (primary N) is 1. The summed E-state index contributed by atoms with van der Waals surface area (Å²) in [7, 11) is 1.60. The van der Waals surface area contributed by atoms with Crippen LogP contribution in [0.3, 0.4) is 0 Å². The Morgan fingerprint density at radius 1 is 1.32 bits per heavy atom. The van der Waals surface area contributed by atoms with E-state index in [0.717, 1.165) is 23.2 Å². The van der Waals surface area contributed by atoms with Crippen molar-refractivity contribution in [3.8, 4) is 0 Å². The number of likely N-dealkylation sites (N-methyl/N-ethyl adjacent to an activating group) is 1. The molecule has 0 fully saturated rings. The van der Waals surface area contributed by atoms with Crippen LogP contribution in [-0.2, 0) is 9.59 Å². The van der Waals surface area contributed by atoms with Crippen LogP contribution in [0.15, 0.2) is 18.2 Å². The number of carbonyl (C=O) groups excluding carboxylic acids is 2. The number of aryl methyl sites for hydroxylation is 1. The van der Waals surface area contributed by atoms with Gasteiger partial charge in [0.1, 0.15) is 0 Å². The molecule has 2 amide bonds. The molecule has 5 heteroatoms. The van der Waals surface area contributed by atoms with E-state index in [1.807, 2.05) is 45.9 Å². The fourth-order valence-corrected chi connectivity index (χ4v) is 2.12. The summed E-state index contributed by atoms with van der Waals surface area (Å²) in [5.41, 5.74) is 8.84. The van der Waals surface area contributed by atoms with Gasteiger partial charge in [-0.05, 0) is 37.0 Å². The Labute approximate surface area is 132 Å². The normalized spacial score (nSPS) is 13.4. The van der Waals surface area contributed by atoms with E-state index < -0.39 is 6.04 Å². The summed E-state index contributed by atoms with van der Waals surface area (Å²) in [5, 5.41) is 2.85. The molecule has 0 aliphatic rings. The molecule has 2 unspecified atom stereocenters. The number of nitrogens with zero attached hydrogens (tertiary/aromatic N) is 1. The molecule has 0 heterocycles. The van der Waals surface area contributed by atoms with Crippen molar-refractivity contribution in [1.29, 1.82) is 0 Å². The summed E-state index contributed by atoms with van der Waals surface area (Å²) in [6.45, 7) is 7.87. The number of hydrogen-bond acceptors (Lipinski definition) is 3. The Kier molecular flexibility index (Phi) is 6.56. The Morgan fingerprint density at radius 2 is 1.95 bits per heavy atom. The molecule has 0 saturated carbocycles. The summed E-state index contributed by atoms with van der Waals surface area (Å²) in [6, 6.07) is 5.17. The van der Waals surface area contributed by atoms with Crippen molar-refractivity contribution in [2.45, 2.75) is 40.2 Å². The second-order valence-electron chi connectivity index (χ2n) is 5.90. The fraction of sp³-hybridized carbons (Fsp3) is 0.529. The Morgan fingerprint density at radius 3 is 2.55 bits per heavy atom. The van der Waals surface area contributed by atoms with Crippen LogP contribution in [0.2, 0.25) is 0 Å². The molecule has 0 saturated heterocycles. The molecule has 1 aromatic rings. The third-order valence-corrected chi connectivity index (χ3v) is 4.18. The molecule has 0 radical (unpaired) electrons. The van der Waals surface area contributed by atoms with Crippen LogP contribution in [0.1, 0.15) is 31.4 Å². The van der Waals surface area contributed by atoms with Gasteiger partial charge in [0.25, 0.3) is 0 Å². The van der Waals surface area contributed by atoms with Crippen LogP contribution in [0, 0.1) is 19.8 Å². The molecule has 0 aromatic heterocycles. The molecule has 0 aliphatic carbocycles. The molecule has 122 valence electrons. The van der Waals surface area contributed by atoms with E-state index in [1.165, 1.54) is 4.90 Å². The first kappa shape index (κ1) is 18.2. The van der Waals surface area contributed by atoms with Crippen molar-refractivity contribution < 1.29 is 9.59 Å². The van der Waals surface area contributed by atoms with E-state index in [1.54, 1.807) is 7.05 Å². The Balaban J connectivity index is 2.65. The van der Waals surface area contributed by atoms with Crippen molar-refractivity contribution in [2.24, 2.45) is 11.7 Å². The van der Waals surface area contributed by atoms with Gasteiger partial charge in [-0.25, -0.2) is 0 Å². The van der Waals surface area contributed by atoms with Gasteiger partial charge in [0, 0.05) is 12.7 Å². The van der Waals surface area contributed by atoms with E-state index in [4.69, 9.17) is 5.73 Å². The summed E-state index contributed by atoms with van der Waals surface area (Å²) in [4.78, 5) is 25.7. The summed E-state index contributed by atoms with van der Waals surface area (Å²) < 4.78 is 0. The van der Waals surface area contributed by atoms with Crippen LogP contribution in [-0.4, -0.2) is 36.3 Å².